The molecule has 1 aromatic rings. The minimum Gasteiger partial charge on any atom is -0.353 e. The Kier molecular flexibility index (Phi) is 6.01. The van der Waals surface area contributed by atoms with Gasteiger partial charge in [-0.15, -0.1) is 0 Å². The average molecular weight is 414 g/mol. The van der Waals surface area contributed by atoms with Crippen LogP contribution < -0.4 is 5.32 Å². The third-order valence-electron chi connectivity index (χ3n) is 5.55. The van der Waals surface area contributed by atoms with Gasteiger partial charge in [0, 0.05) is 36.7 Å². The van der Waals surface area contributed by atoms with Crippen LogP contribution >= 0.6 is 0 Å². The summed E-state index contributed by atoms with van der Waals surface area (Å²) in [7, 11) is 0. The number of amides is 4. The third-order valence-corrected chi connectivity index (χ3v) is 5.55. The molecule has 162 valence electrons. The maximum Gasteiger partial charge on any atom is 0.262 e. The molecule has 7 heteroatoms. The van der Waals surface area contributed by atoms with Gasteiger partial charge in [-0.1, -0.05) is 13.8 Å². The molecule has 0 bridgehead atoms. The van der Waals surface area contributed by atoms with Crippen LogP contribution in [-0.2, 0) is 4.79 Å². The second kappa shape index (κ2) is 8.20. The number of hydrogen-bond acceptors (Lipinski definition) is 4. The molecule has 0 unspecified atom stereocenters. The van der Waals surface area contributed by atoms with Crippen molar-refractivity contribution in [1.82, 2.24) is 15.1 Å². The van der Waals surface area contributed by atoms with Crippen LogP contribution in [0, 0.1) is 5.92 Å². The van der Waals surface area contributed by atoms with Crippen LogP contribution in [0.3, 0.4) is 0 Å². The van der Waals surface area contributed by atoms with Crippen molar-refractivity contribution in [3.8, 4) is 0 Å². The van der Waals surface area contributed by atoms with Gasteiger partial charge in [-0.05, 0) is 57.7 Å². The summed E-state index contributed by atoms with van der Waals surface area (Å²) in [5.74, 6) is -0.461. The van der Waals surface area contributed by atoms with Gasteiger partial charge in [-0.25, -0.2) is 0 Å². The molecule has 0 saturated carbocycles. The molecule has 4 amide bonds. The minimum atomic E-state index is -0.626. The maximum atomic E-state index is 13.0. The van der Waals surface area contributed by atoms with Crippen LogP contribution in [0.25, 0.3) is 0 Å². The van der Waals surface area contributed by atoms with Crippen molar-refractivity contribution in [3.05, 3.63) is 34.9 Å². The summed E-state index contributed by atoms with van der Waals surface area (Å²) < 4.78 is 0. The Morgan fingerprint density at radius 1 is 1.07 bits per heavy atom. The molecule has 2 aliphatic rings. The molecule has 0 aromatic heterocycles. The van der Waals surface area contributed by atoms with Crippen molar-refractivity contribution in [2.75, 3.05) is 13.1 Å². The largest absolute Gasteiger partial charge is 0.353 e. The summed E-state index contributed by atoms with van der Waals surface area (Å²) in [6, 6.07) is 4.82. The van der Waals surface area contributed by atoms with Gasteiger partial charge < -0.3 is 10.2 Å². The normalized spacial score (nSPS) is 17.5. The number of nitrogens with one attached hydrogen (secondary N) is 1. The van der Waals surface area contributed by atoms with Crippen molar-refractivity contribution in [3.63, 3.8) is 0 Å². The lowest BCUT2D eigenvalue weighted by molar-refractivity contribution is -0.122. The monoisotopic (exact) mass is 413 g/mol. The minimum absolute atomic E-state index is 0.0555. The van der Waals surface area contributed by atoms with Gasteiger partial charge in [-0.2, -0.15) is 0 Å². The summed E-state index contributed by atoms with van der Waals surface area (Å²) in [5.41, 5.74) is 0.418. The van der Waals surface area contributed by atoms with E-state index in [1.807, 2.05) is 34.6 Å². The van der Waals surface area contributed by atoms with Crippen LogP contribution in [0.2, 0.25) is 0 Å². The second-order valence-corrected chi connectivity index (χ2v) is 9.61. The van der Waals surface area contributed by atoms with Crippen LogP contribution in [0.4, 0.5) is 0 Å². The zero-order chi connectivity index (χ0) is 22.2. The van der Waals surface area contributed by atoms with Crippen molar-refractivity contribution >= 4 is 23.6 Å². The van der Waals surface area contributed by atoms with E-state index in [4.69, 9.17) is 0 Å². The highest BCUT2D eigenvalue weighted by Gasteiger charge is 2.42. The fraction of sp³-hybridized carbons (Fsp3) is 0.565. The van der Waals surface area contributed by atoms with Crippen LogP contribution in [0.5, 0.6) is 0 Å². The van der Waals surface area contributed by atoms with Crippen molar-refractivity contribution in [2.24, 2.45) is 5.92 Å². The van der Waals surface area contributed by atoms with Gasteiger partial charge in [0.15, 0.2) is 0 Å². The van der Waals surface area contributed by atoms with E-state index in [9.17, 15) is 19.2 Å². The Balaban J connectivity index is 1.66. The Morgan fingerprint density at radius 2 is 1.67 bits per heavy atom. The highest BCUT2D eigenvalue weighted by molar-refractivity contribution is 6.22. The standard InChI is InChI=1S/C23H31N3O4/c1-14(2)12-19(27)24-16-8-10-25(11-9-16)20(28)15-6-7-17-18(13-15)22(30)26(21(17)29)23(3,4)5/h6-7,13-14,16H,8-12H2,1-5H3,(H,24,27). The van der Waals surface area contributed by atoms with E-state index in [2.05, 4.69) is 5.32 Å². The molecule has 0 atom stereocenters. The number of piperidine rings is 1. The summed E-state index contributed by atoms with van der Waals surface area (Å²) in [6.45, 7) is 10.5. The smallest absolute Gasteiger partial charge is 0.262 e. The molecule has 0 radical (unpaired) electrons. The van der Waals surface area contributed by atoms with Crippen LogP contribution in [-0.4, -0.2) is 58.1 Å². The van der Waals surface area contributed by atoms with E-state index in [1.165, 1.54) is 4.90 Å². The van der Waals surface area contributed by atoms with E-state index in [0.717, 1.165) is 0 Å². The van der Waals surface area contributed by atoms with Gasteiger partial charge in [0.25, 0.3) is 17.7 Å². The summed E-state index contributed by atoms with van der Waals surface area (Å²) in [5, 5.41) is 3.05. The molecule has 1 fully saturated rings. The van der Waals surface area contributed by atoms with Gasteiger partial charge in [0.2, 0.25) is 5.91 Å². The van der Waals surface area contributed by atoms with Crippen molar-refractivity contribution < 1.29 is 19.2 Å². The second-order valence-electron chi connectivity index (χ2n) is 9.61. The predicted molar refractivity (Wildman–Crippen MR) is 113 cm³/mol. The number of hydrogen-bond donors (Lipinski definition) is 1. The zero-order valence-electron chi connectivity index (χ0n) is 18.4. The highest BCUT2D eigenvalue weighted by Crippen LogP contribution is 2.30. The molecular weight excluding hydrogens is 382 g/mol. The lowest BCUT2D eigenvalue weighted by Gasteiger charge is -2.32. The first-order chi connectivity index (χ1) is 14.0. The summed E-state index contributed by atoms with van der Waals surface area (Å²) in [4.78, 5) is 53.3. The average Bonchev–Trinajstić information content (AvgIpc) is 2.91. The number of benzene rings is 1. The molecule has 1 aromatic carbocycles. The number of rotatable bonds is 4. The molecular formula is C23H31N3O4. The molecule has 30 heavy (non-hydrogen) atoms. The first-order valence-electron chi connectivity index (χ1n) is 10.6. The quantitative estimate of drug-likeness (QED) is 0.769. The number of nitrogens with zero attached hydrogens (tertiary/aromatic N) is 2. The molecule has 2 heterocycles. The Morgan fingerprint density at radius 3 is 2.23 bits per heavy atom. The topological polar surface area (TPSA) is 86.8 Å². The first-order valence-corrected chi connectivity index (χ1v) is 10.6. The number of imide groups is 1. The Labute approximate surface area is 177 Å². The van der Waals surface area contributed by atoms with Crippen molar-refractivity contribution in [2.45, 2.75) is 65.5 Å². The van der Waals surface area contributed by atoms with E-state index in [-0.39, 0.29) is 35.2 Å². The molecule has 3 rings (SSSR count). The molecule has 2 aliphatic heterocycles. The number of fused-ring (bicyclic) bond motifs is 1. The van der Waals surface area contributed by atoms with Gasteiger partial charge in [-0.3, -0.25) is 24.1 Å². The third kappa shape index (κ3) is 4.40. The first kappa shape index (κ1) is 22.0. The Bertz CT molecular complexity index is 877. The Hall–Kier alpha value is -2.70. The SMILES string of the molecule is CC(C)CC(=O)NC1CCN(C(=O)c2ccc3c(c2)C(=O)N(C(C)(C)C)C3=O)CC1. The van der Waals surface area contributed by atoms with E-state index in [0.29, 0.717) is 49.4 Å². The van der Waals surface area contributed by atoms with E-state index >= 15 is 0 Å². The fourth-order valence-electron chi connectivity index (χ4n) is 4.05. The molecule has 0 aliphatic carbocycles. The highest BCUT2D eigenvalue weighted by atomic mass is 16.2. The van der Waals surface area contributed by atoms with Gasteiger partial charge in [0.05, 0.1) is 11.1 Å². The van der Waals surface area contributed by atoms with Crippen molar-refractivity contribution in [1.29, 1.82) is 0 Å². The van der Waals surface area contributed by atoms with E-state index in [1.54, 1.807) is 23.1 Å². The molecule has 1 saturated heterocycles. The molecule has 0 spiro atoms. The molecule has 1 N–H and O–H groups in total. The fourth-order valence-corrected chi connectivity index (χ4v) is 4.05. The zero-order valence-corrected chi connectivity index (χ0v) is 18.4. The van der Waals surface area contributed by atoms with Gasteiger partial charge in [0.1, 0.15) is 0 Å². The van der Waals surface area contributed by atoms with Crippen LogP contribution in [0.1, 0.15) is 85.0 Å². The van der Waals surface area contributed by atoms with Crippen LogP contribution in [0.15, 0.2) is 18.2 Å². The number of carbonyl (C=O) groups excluding carboxylic acids is 4. The summed E-state index contributed by atoms with van der Waals surface area (Å²) in [6.07, 6.45) is 1.91. The lowest BCUT2D eigenvalue weighted by Crippen LogP contribution is -2.46. The number of carbonyl (C=O) groups is 4. The number of likely N-dealkylation sites (tertiary alicyclic amines) is 1. The van der Waals surface area contributed by atoms with E-state index < -0.39 is 5.54 Å². The van der Waals surface area contributed by atoms with Gasteiger partial charge >= 0.3 is 0 Å². The predicted octanol–water partition coefficient (Wildman–Crippen LogP) is 2.85. The molecule has 7 nitrogen and oxygen atoms in total. The summed E-state index contributed by atoms with van der Waals surface area (Å²) >= 11 is 0. The lowest BCUT2D eigenvalue weighted by atomic mass is 10.0. The maximum absolute atomic E-state index is 13.0.